The third kappa shape index (κ3) is 4.15. The molecule has 0 atom stereocenters. The van der Waals surface area contributed by atoms with Crippen molar-refractivity contribution in [3.8, 4) is 11.3 Å². The molecule has 0 N–H and O–H groups in total. The maximum absolute atomic E-state index is 12.3. The number of carbonyl (C=O) groups is 1. The zero-order valence-electron chi connectivity index (χ0n) is 13.4. The third-order valence-corrected chi connectivity index (χ3v) is 4.34. The molecule has 3 rings (SSSR count). The highest BCUT2D eigenvalue weighted by molar-refractivity contribution is 9.10. The topological polar surface area (TPSA) is 33.5 Å². The Kier molecular flexibility index (Phi) is 5.16. The van der Waals surface area contributed by atoms with Crippen molar-refractivity contribution in [1.29, 1.82) is 0 Å². The minimum atomic E-state index is 0.0720. The molecule has 122 valence electrons. The van der Waals surface area contributed by atoms with E-state index in [4.69, 9.17) is 4.42 Å². The fraction of sp³-hybridized carbons (Fsp3) is 0.150. The quantitative estimate of drug-likeness (QED) is 0.626. The highest BCUT2D eigenvalue weighted by atomic mass is 79.9. The predicted molar refractivity (Wildman–Crippen MR) is 98.5 cm³/mol. The van der Waals surface area contributed by atoms with E-state index in [2.05, 4.69) is 15.9 Å². The van der Waals surface area contributed by atoms with E-state index in [0.717, 1.165) is 27.1 Å². The van der Waals surface area contributed by atoms with Crippen molar-refractivity contribution in [1.82, 2.24) is 4.90 Å². The average Bonchev–Trinajstić information content (AvgIpc) is 3.05. The van der Waals surface area contributed by atoms with Gasteiger partial charge in [-0.1, -0.05) is 58.4 Å². The Morgan fingerprint density at radius 3 is 2.42 bits per heavy atom. The number of halogens is 1. The molecule has 0 aliphatic carbocycles. The number of amides is 1. The maximum Gasteiger partial charge on any atom is 0.227 e. The normalized spacial score (nSPS) is 10.6. The van der Waals surface area contributed by atoms with Crippen LogP contribution in [0.3, 0.4) is 0 Å². The van der Waals surface area contributed by atoms with Crippen LogP contribution in [0.2, 0.25) is 0 Å². The van der Waals surface area contributed by atoms with Gasteiger partial charge < -0.3 is 9.32 Å². The molecule has 0 saturated carbocycles. The highest BCUT2D eigenvalue weighted by Crippen LogP contribution is 2.24. The Morgan fingerprint density at radius 1 is 1.00 bits per heavy atom. The predicted octanol–water partition coefficient (Wildman–Crippen LogP) is 4.91. The summed E-state index contributed by atoms with van der Waals surface area (Å²) in [7, 11) is 1.80. The summed E-state index contributed by atoms with van der Waals surface area (Å²) in [5.74, 6) is 1.65. The maximum atomic E-state index is 12.3. The van der Waals surface area contributed by atoms with E-state index < -0.39 is 0 Å². The van der Waals surface area contributed by atoms with Gasteiger partial charge >= 0.3 is 0 Å². The second-order valence-corrected chi connectivity index (χ2v) is 6.60. The molecule has 0 fully saturated rings. The SMILES string of the molecule is CN(Cc1ccc(-c2ccc(Br)cc2)o1)C(=O)Cc1ccccc1. The van der Waals surface area contributed by atoms with Crippen molar-refractivity contribution >= 4 is 21.8 Å². The smallest absolute Gasteiger partial charge is 0.227 e. The van der Waals surface area contributed by atoms with Crippen LogP contribution in [0.1, 0.15) is 11.3 Å². The van der Waals surface area contributed by atoms with E-state index >= 15 is 0 Å². The zero-order valence-corrected chi connectivity index (χ0v) is 15.0. The fourth-order valence-corrected chi connectivity index (χ4v) is 2.72. The van der Waals surface area contributed by atoms with Crippen LogP contribution in [0.15, 0.2) is 75.6 Å². The second-order valence-electron chi connectivity index (χ2n) is 5.69. The van der Waals surface area contributed by atoms with Gasteiger partial charge in [-0.2, -0.15) is 0 Å². The first-order valence-corrected chi connectivity index (χ1v) is 8.53. The molecule has 0 saturated heterocycles. The van der Waals surface area contributed by atoms with Gasteiger partial charge in [0.2, 0.25) is 5.91 Å². The summed E-state index contributed by atoms with van der Waals surface area (Å²) in [5, 5.41) is 0. The lowest BCUT2D eigenvalue weighted by atomic mass is 10.1. The van der Waals surface area contributed by atoms with Crippen molar-refractivity contribution in [2.75, 3.05) is 7.05 Å². The second kappa shape index (κ2) is 7.49. The molecular formula is C20H18BrNO2. The summed E-state index contributed by atoms with van der Waals surface area (Å²) in [6.07, 6.45) is 0.400. The Labute approximate surface area is 150 Å². The van der Waals surface area contributed by atoms with Crippen LogP contribution >= 0.6 is 15.9 Å². The lowest BCUT2D eigenvalue weighted by molar-refractivity contribution is -0.129. The van der Waals surface area contributed by atoms with Crippen LogP contribution in [0, 0.1) is 0 Å². The lowest BCUT2D eigenvalue weighted by Crippen LogP contribution is -2.27. The molecule has 3 aromatic rings. The molecule has 1 heterocycles. The van der Waals surface area contributed by atoms with Gasteiger partial charge in [-0.25, -0.2) is 0 Å². The fourth-order valence-electron chi connectivity index (χ4n) is 2.46. The first kappa shape index (κ1) is 16.5. The van der Waals surface area contributed by atoms with Crippen LogP contribution in [-0.4, -0.2) is 17.9 Å². The lowest BCUT2D eigenvalue weighted by Gasteiger charge is -2.15. The van der Waals surface area contributed by atoms with Gasteiger partial charge in [0.25, 0.3) is 0 Å². The molecule has 2 aromatic carbocycles. The van der Waals surface area contributed by atoms with Gasteiger partial charge in [0.15, 0.2) is 0 Å². The molecule has 0 bridgehead atoms. The van der Waals surface area contributed by atoms with E-state index in [1.54, 1.807) is 11.9 Å². The summed E-state index contributed by atoms with van der Waals surface area (Å²) < 4.78 is 6.90. The minimum absolute atomic E-state index is 0.0720. The number of rotatable bonds is 5. The van der Waals surface area contributed by atoms with E-state index in [-0.39, 0.29) is 5.91 Å². The zero-order chi connectivity index (χ0) is 16.9. The Bertz CT molecular complexity index is 809. The summed E-state index contributed by atoms with van der Waals surface area (Å²) in [5.41, 5.74) is 2.03. The van der Waals surface area contributed by atoms with Gasteiger partial charge in [-0.05, 0) is 29.8 Å². The largest absolute Gasteiger partial charge is 0.459 e. The molecule has 0 aliphatic rings. The number of nitrogens with zero attached hydrogens (tertiary/aromatic N) is 1. The monoisotopic (exact) mass is 383 g/mol. The number of hydrogen-bond donors (Lipinski definition) is 0. The average molecular weight is 384 g/mol. The first-order valence-electron chi connectivity index (χ1n) is 7.74. The van der Waals surface area contributed by atoms with Crippen molar-refractivity contribution in [2.45, 2.75) is 13.0 Å². The number of likely N-dealkylation sites (N-methyl/N-ethyl adjacent to an activating group) is 1. The minimum Gasteiger partial charge on any atom is -0.459 e. The molecule has 0 unspecified atom stereocenters. The molecule has 24 heavy (non-hydrogen) atoms. The first-order chi connectivity index (χ1) is 11.6. The number of benzene rings is 2. The van der Waals surface area contributed by atoms with Crippen molar-refractivity contribution in [3.63, 3.8) is 0 Å². The van der Waals surface area contributed by atoms with Crippen LogP contribution in [0.4, 0.5) is 0 Å². The molecule has 4 heteroatoms. The van der Waals surface area contributed by atoms with Crippen LogP contribution < -0.4 is 0 Å². The van der Waals surface area contributed by atoms with Gasteiger partial charge in [-0.15, -0.1) is 0 Å². The van der Waals surface area contributed by atoms with Crippen molar-refractivity contribution in [3.05, 3.63) is 82.5 Å². The van der Waals surface area contributed by atoms with Crippen molar-refractivity contribution < 1.29 is 9.21 Å². The van der Waals surface area contributed by atoms with Crippen LogP contribution in [0.25, 0.3) is 11.3 Å². The van der Waals surface area contributed by atoms with E-state index in [0.29, 0.717) is 13.0 Å². The summed E-state index contributed by atoms with van der Waals surface area (Å²) in [6.45, 7) is 0.461. The van der Waals surface area contributed by atoms with Gasteiger partial charge in [-0.3, -0.25) is 4.79 Å². The standard InChI is InChI=1S/C20H18BrNO2/c1-22(20(23)13-15-5-3-2-4-6-15)14-18-11-12-19(24-18)16-7-9-17(21)10-8-16/h2-12H,13-14H2,1H3. The van der Waals surface area contributed by atoms with Crippen LogP contribution in [-0.2, 0) is 17.8 Å². The van der Waals surface area contributed by atoms with Crippen molar-refractivity contribution in [2.24, 2.45) is 0 Å². The van der Waals surface area contributed by atoms with Crippen LogP contribution in [0.5, 0.6) is 0 Å². The molecule has 0 radical (unpaired) electrons. The van der Waals surface area contributed by atoms with Gasteiger partial charge in [0, 0.05) is 17.1 Å². The summed E-state index contributed by atoms with van der Waals surface area (Å²) in [4.78, 5) is 14.0. The number of carbonyl (C=O) groups excluding carboxylic acids is 1. The number of hydrogen-bond acceptors (Lipinski definition) is 2. The van der Waals surface area contributed by atoms with E-state index in [1.165, 1.54) is 0 Å². The Hall–Kier alpha value is -2.33. The summed E-state index contributed by atoms with van der Waals surface area (Å²) >= 11 is 3.42. The van der Waals surface area contributed by atoms with Gasteiger partial charge in [0.05, 0.1) is 13.0 Å². The molecule has 0 aliphatic heterocycles. The number of furan rings is 1. The molecule has 3 nitrogen and oxygen atoms in total. The van der Waals surface area contributed by atoms with Gasteiger partial charge in [0.1, 0.15) is 11.5 Å². The Morgan fingerprint density at radius 2 is 1.71 bits per heavy atom. The van der Waals surface area contributed by atoms with E-state index in [9.17, 15) is 4.79 Å². The Balaban J connectivity index is 1.63. The molecule has 1 amide bonds. The third-order valence-electron chi connectivity index (χ3n) is 3.81. The molecule has 0 spiro atoms. The molecule has 1 aromatic heterocycles. The van der Waals surface area contributed by atoms with E-state index in [1.807, 2.05) is 66.7 Å². The summed E-state index contributed by atoms with van der Waals surface area (Å²) in [6, 6.07) is 21.6. The highest BCUT2D eigenvalue weighted by Gasteiger charge is 2.13. The molecular weight excluding hydrogens is 366 g/mol.